The average molecular weight is 443 g/mol. The highest BCUT2D eigenvalue weighted by atomic mass is 35.5. The molecule has 0 saturated carbocycles. The Hall–Kier alpha value is -2.76. The van der Waals surface area contributed by atoms with Gasteiger partial charge in [0.1, 0.15) is 12.4 Å². The zero-order valence-corrected chi connectivity index (χ0v) is 18.5. The molecule has 3 aromatic rings. The summed E-state index contributed by atoms with van der Waals surface area (Å²) in [6, 6.07) is 16.8. The molecular formula is C24H23ClO4S. The van der Waals surface area contributed by atoms with Crippen molar-refractivity contribution in [3.63, 3.8) is 0 Å². The molecule has 0 unspecified atom stereocenters. The number of carbonyl (C=O) groups is 1. The van der Waals surface area contributed by atoms with Crippen LogP contribution in [0.15, 0.2) is 60.7 Å². The highest BCUT2D eigenvalue weighted by Crippen LogP contribution is 2.29. The quantitative estimate of drug-likeness (QED) is 0.259. The molecule has 0 N–H and O–H groups in total. The molecular weight excluding hydrogens is 420 g/mol. The predicted molar refractivity (Wildman–Crippen MR) is 122 cm³/mol. The lowest BCUT2D eigenvalue weighted by molar-refractivity contribution is 0.105. The molecule has 0 saturated heterocycles. The number of ether oxygens (including phenoxy) is 3. The average Bonchev–Trinajstić information content (AvgIpc) is 3.19. The lowest BCUT2D eigenvalue weighted by Gasteiger charge is -2.13. The number of carbonyl (C=O) groups excluding carboxylic acids is 1. The zero-order chi connectivity index (χ0) is 21.3. The Labute approximate surface area is 185 Å². The van der Waals surface area contributed by atoms with E-state index in [1.807, 2.05) is 56.3 Å². The van der Waals surface area contributed by atoms with Gasteiger partial charge in [-0.05, 0) is 67.4 Å². The van der Waals surface area contributed by atoms with Crippen molar-refractivity contribution in [3.05, 3.63) is 81.0 Å². The van der Waals surface area contributed by atoms with Crippen LogP contribution >= 0.6 is 22.9 Å². The van der Waals surface area contributed by atoms with E-state index in [0.29, 0.717) is 34.8 Å². The highest BCUT2D eigenvalue weighted by molar-refractivity contribution is 7.18. The molecule has 0 radical (unpaired) electrons. The molecule has 6 heteroatoms. The van der Waals surface area contributed by atoms with Crippen LogP contribution in [0.2, 0.25) is 4.34 Å². The van der Waals surface area contributed by atoms with E-state index < -0.39 is 0 Å². The smallest absolute Gasteiger partial charge is 0.195 e. The fourth-order valence-electron chi connectivity index (χ4n) is 2.76. The molecule has 1 aromatic heterocycles. The summed E-state index contributed by atoms with van der Waals surface area (Å²) in [4.78, 5) is 12.8. The minimum Gasteiger partial charge on any atom is -0.490 e. The van der Waals surface area contributed by atoms with Crippen LogP contribution < -0.4 is 14.2 Å². The first-order valence-corrected chi connectivity index (χ1v) is 10.9. The van der Waals surface area contributed by atoms with Gasteiger partial charge in [-0.25, -0.2) is 0 Å². The molecule has 3 rings (SSSR count). The van der Waals surface area contributed by atoms with Crippen molar-refractivity contribution in [2.24, 2.45) is 0 Å². The summed E-state index contributed by atoms with van der Waals surface area (Å²) in [5.74, 6) is 2.09. The van der Waals surface area contributed by atoms with Gasteiger partial charge in [0.05, 0.1) is 22.4 Å². The van der Waals surface area contributed by atoms with Crippen molar-refractivity contribution in [1.82, 2.24) is 0 Å². The third-order valence-corrected chi connectivity index (χ3v) is 5.36. The van der Waals surface area contributed by atoms with E-state index in [1.165, 1.54) is 11.3 Å². The molecule has 0 aliphatic carbocycles. The summed E-state index contributed by atoms with van der Waals surface area (Å²) in [6.07, 6.45) is 3.31. The summed E-state index contributed by atoms with van der Waals surface area (Å²) in [5, 5.41) is 0. The first-order chi connectivity index (χ1) is 14.6. The van der Waals surface area contributed by atoms with Gasteiger partial charge in [-0.15, -0.1) is 11.3 Å². The Balaban J connectivity index is 1.64. The second-order valence-corrected chi connectivity index (χ2v) is 8.02. The lowest BCUT2D eigenvalue weighted by atomic mass is 10.1. The van der Waals surface area contributed by atoms with Crippen molar-refractivity contribution in [2.45, 2.75) is 20.5 Å². The van der Waals surface area contributed by atoms with Gasteiger partial charge < -0.3 is 14.2 Å². The number of benzene rings is 2. The number of thiophene rings is 1. The third kappa shape index (κ3) is 6.12. The number of ketones is 1. The summed E-state index contributed by atoms with van der Waals surface area (Å²) in [7, 11) is 0. The van der Waals surface area contributed by atoms with Crippen molar-refractivity contribution >= 4 is 34.8 Å². The molecule has 1 heterocycles. The van der Waals surface area contributed by atoms with Gasteiger partial charge in [0.25, 0.3) is 0 Å². The maximum Gasteiger partial charge on any atom is 0.195 e. The van der Waals surface area contributed by atoms with Crippen molar-refractivity contribution in [2.75, 3.05) is 13.2 Å². The van der Waals surface area contributed by atoms with E-state index in [-0.39, 0.29) is 5.78 Å². The van der Waals surface area contributed by atoms with Gasteiger partial charge in [0.15, 0.2) is 17.3 Å². The molecule has 156 valence electrons. The summed E-state index contributed by atoms with van der Waals surface area (Å²) < 4.78 is 17.8. The second-order valence-electron chi connectivity index (χ2n) is 6.31. The standard InChI is InChI=1S/C24H23ClO4S/c1-3-27-21-11-9-18(15-22(21)28-4-2)16-29-19-7-5-6-17(14-19)8-10-20(26)23-12-13-24(25)30-23/h5-15H,3-4,16H2,1-2H3/b10-8+. The molecule has 4 nitrogen and oxygen atoms in total. The number of allylic oxidation sites excluding steroid dienone is 1. The molecule has 0 aliphatic heterocycles. The van der Waals surface area contributed by atoms with E-state index in [0.717, 1.165) is 22.6 Å². The van der Waals surface area contributed by atoms with Crippen LogP contribution in [0.4, 0.5) is 0 Å². The number of rotatable bonds is 10. The van der Waals surface area contributed by atoms with Crippen molar-refractivity contribution < 1.29 is 19.0 Å². The summed E-state index contributed by atoms with van der Waals surface area (Å²) >= 11 is 7.16. The van der Waals surface area contributed by atoms with Gasteiger partial charge in [0, 0.05) is 0 Å². The van der Waals surface area contributed by atoms with Crippen LogP contribution in [-0.4, -0.2) is 19.0 Å². The molecule has 30 heavy (non-hydrogen) atoms. The van der Waals surface area contributed by atoms with Crippen molar-refractivity contribution in [1.29, 1.82) is 0 Å². The van der Waals surface area contributed by atoms with Crippen LogP contribution in [0.5, 0.6) is 17.2 Å². The van der Waals surface area contributed by atoms with Gasteiger partial charge in [-0.3, -0.25) is 4.79 Å². The first-order valence-electron chi connectivity index (χ1n) is 9.68. The van der Waals surface area contributed by atoms with Crippen LogP contribution in [-0.2, 0) is 6.61 Å². The molecule has 0 aliphatic rings. The third-order valence-electron chi connectivity index (χ3n) is 4.11. The largest absolute Gasteiger partial charge is 0.490 e. The van der Waals surface area contributed by atoms with E-state index >= 15 is 0 Å². The summed E-state index contributed by atoms with van der Waals surface area (Å²) in [6.45, 7) is 5.42. The number of hydrogen-bond acceptors (Lipinski definition) is 5. The SMILES string of the molecule is CCOc1ccc(COc2cccc(/C=C/C(=O)c3ccc(Cl)s3)c2)cc1OCC. The van der Waals surface area contributed by atoms with E-state index in [1.54, 1.807) is 24.3 Å². The van der Waals surface area contributed by atoms with Gasteiger partial charge in [0.2, 0.25) is 0 Å². The Bertz CT molecular complexity index is 1030. The van der Waals surface area contributed by atoms with Crippen LogP contribution in [0.3, 0.4) is 0 Å². The monoisotopic (exact) mass is 442 g/mol. The Morgan fingerprint density at radius 3 is 2.50 bits per heavy atom. The Morgan fingerprint density at radius 1 is 0.967 bits per heavy atom. The predicted octanol–water partition coefficient (Wildman–Crippen LogP) is 6.67. The van der Waals surface area contributed by atoms with Crippen LogP contribution in [0.25, 0.3) is 6.08 Å². The maximum atomic E-state index is 12.2. The van der Waals surface area contributed by atoms with E-state index in [9.17, 15) is 4.79 Å². The molecule has 0 amide bonds. The Kier molecular flexibility index (Phi) is 7.94. The van der Waals surface area contributed by atoms with E-state index in [2.05, 4.69) is 0 Å². The van der Waals surface area contributed by atoms with E-state index in [4.69, 9.17) is 25.8 Å². The van der Waals surface area contributed by atoms with Gasteiger partial charge in [-0.1, -0.05) is 35.9 Å². The zero-order valence-electron chi connectivity index (χ0n) is 16.9. The lowest BCUT2D eigenvalue weighted by Crippen LogP contribution is -2.01. The topological polar surface area (TPSA) is 44.8 Å². The molecule has 0 atom stereocenters. The summed E-state index contributed by atoms with van der Waals surface area (Å²) in [5.41, 5.74) is 1.86. The van der Waals surface area contributed by atoms with Crippen LogP contribution in [0.1, 0.15) is 34.6 Å². The highest BCUT2D eigenvalue weighted by Gasteiger charge is 2.07. The molecule has 2 aromatic carbocycles. The fourth-order valence-corrected chi connectivity index (χ4v) is 3.72. The molecule has 0 bridgehead atoms. The first kappa shape index (κ1) is 21.9. The molecule has 0 fully saturated rings. The normalized spacial score (nSPS) is 10.9. The number of hydrogen-bond donors (Lipinski definition) is 0. The fraction of sp³-hybridized carbons (Fsp3) is 0.208. The van der Waals surface area contributed by atoms with Gasteiger partial charge in [-0.2, -0.15) is 0 Å². The van der Waals surface area contributed by atoms with Crippen LogP contribution in [0, 0.1) is 0 Å². The minimum atomic E-state index is -0.0731. The maximum absolute atomic E-state index is 12.2. The minimum absolute atomic E-state index is 0.0731. The second kappa shape index (κ2) is 10.9. The van der Waals surface area contributed by atoms with Crippen molar-refractivity contribution in [3.8, 4) is 17.2 Å². The number of halogens is 1. The van der Waals surface area contributed by atoms with Gasteiger partial charge >= 0.3 is 0 Å². The Morgan fingerprint density at radius 2 is 1.77 bits per heavy atom. The molecule has 0 spiro atoms.